The van der Waals surface area contributed by atoms with E-state index in [1.54, 1.807) is 6.92 Å². The van der Waals surface area contributed by atoms with Crippen molar-refractivity contribution in [2.24, 2.45) is 5.73 Å². The molecule has 0 fully saturated rings. The second kappa shape index (κ2) is 6.58. The fourth-order valence-electron chi connectivity index (χ4n) is 1.75. The molecule has 1 atom stereocenters. The Balaban J connectivity index is 2.58. The average molecular weight is 309 g/mol. The van der Waals surface area contributed by atoms with E-state index in [-0.39, 0.29) is 11.5 Å². The van der Waals surface area contributed by atoms with E-state index in [1.165, 1.54) is 12.1 Å². The summed E-state index contributed by atoms with van der Waals surface area (Å²) in [4.78, 5) is 0. The van der Waals surface area contributed by atoms with E-state index >= 15 is 0 Å². The minimum absolute atomic E-state index is 0.0534. The van der Waals surface area contributed by atoms with Gasteiger partial charge in [-0.3, -0.25) is 0 Å². The van der Waals surface area contributed by atoms with E-state index in [0.717, 1.165) is 12.1 Å². The fraction of sp³-hybridized carbons (Fsp3) is 0.538. The Labute approximate surface area is 116 Å². The number of hydrogen-bond acceptors (Lipinski definition) is 3. The van der Waals surface area contributed by atoms with Gasteiger partial charge in [-0.25, -0.2) is 8.42 Å². The molecule has 0 aliphatic carbocycles. The van der Waals surface area contributed by atoms with Gasteiger partial charge in [-0.2, -0.15) is 13.2 Å². The van der Waals surface area contributed by atoms with Crippen molar-refractivity contribution >= 4 is 9.84 Å². The Hall–Kier alpha value is -1.08. The fourth-order valence-corrected chi connectivity index (χ4v) is 2.65. The van der Waals surface area contributed by atoms with E-state index in [4.69, 9.17) is 5.73 Å². The molecule has 114 valence electrons. The molecule has 0 aliphatic heterocycles. The van der Waals surface area contributed by atoms with Gasteiger partial charge in [0, 0.05) is 11.8 Å². The summed E-state index contributed by atoms with van der Waals surface area (Å²) in [5.41, 5.74) is 5.70. The number of sulfone groups is 1. The number of alkyl halides is 3. The smallest absolute Gasteiger partial charge is 0.324 e. The third-order valence-electron chi connectivity index (χ3n) is 3.08. The first-order valence-electron chi connectivity index (χ1n) is 6.29. The lowest BCUT2D eigenvalue weighted by Gasteiger charge is -2.13. The molecule has 0 saturated carbocycles. The van der Waals surface area contributed by atoms with Crippen molar-refractivity contribution < 1.29 is 21.6 Å². The highest BCUT2D eigenvalue weighted by atomic mass is 32.2. The molecule has 0 radical (unpaired) electrons. The molecule has 0 saturated heterocycles. The van der Waals surface area contributed by atoms with Crippen LogP contribution in [0.1, 0.15) is 36.9 Å². The van der Waals surface area contributed by atoms with Crippen LogP contribution in [0.25, 0.3) is 0 Å². The lowest BCUT2D eigenvalue weighted by Crippen LogP contribution is -2.14. The molecule has 0 aliphatic rings. The van der Waals surface area contributed by atoms with Crippen molar-refractivity contribution in [1.82, 2.24) is 0 Å². The molecule has 20 heavy (non-hydrogen) atoms. The van der Waals surface area contributed by atoms with Crippen molar-refractivity contribution in [1.29, 1.82) is 0 Å². The minimum Gasteiger partial charge on any atom is -0.324 e. The van der Waals surface area contributed by atoms with Crippen molar-refractivity contribution in [3.63, 3.8) is 0 Å². The lowest BCUT2D eigenvalue weighted by molar-refractivity contribution is -0.137. The molecule has 0 amide bonds. The highest BCUT2D eigenvalue weighted by Gasteiger charge is 2.30. The topological polar surface area (TPSA) is 60.2 Å². The van der Waals surface area contributed by atoms with Gasteiger partial charge in [0.15, 0.2) is 0 Å². The standard InChI is InChI=1S/C13H18F3NO2S/c1-2-20(18,19)9-3-4-12(17)10-5-7-11(8-6-10)13(14,15)16/h5-8,12H,2-4,9,17H2,1H3. The summed E-state index contributed by atoms with van der Waals surface area (Å²) in [6.07, 6.45) is -3.54. The van der Waals surface area contributed by atoms with E-state index in [2.05, 4.69) is 0 Å². The van der Waals surface area contributed by atoms with Gasteiger partial charge in [-0.15, -0.1) is 0 Å². The Morgan fingerprint density at radius 1 is 1.20 bits per heavy atom. The maximum absolute atomic E-state index is 12.4. The van der Waals surface area contributed by atoms with E-state index in [9.17, 15) is 21.6 Å². The van der Waals surface area contributed by atoms with Crippen LogP contribution >= 0.6 is 0 Å². The Bertz CT molecular complexity index is 524. The second-order valence-electron chi connectivity index (χ2n) is 4.60. The molecule has 1 rings (SSSR count). The van der Waals surface area contributed by atoms with Gasteiger partial charge in [0.05, 0.1) is 11.3 Å². The lowest BCUT2D eigenvalue weighted by atomic mass is 10.0. The zero-order chi connectivity index (χ0) is 15.4. The summed E-state index contributed by atoms with van der Waals surface area (Å²) in [6, 6.07) is 4.18. The van der Waals surface area contributed by atoms with Crippen LogP contribution in [0.5, 0.6) is 0 Å². The van der Waals surface area contributed by atoms with Gasteiger partial charge in [0.2, 0.25) is 0 Å². The van der Waals surface area contributed by atoms with E-state index < -0.39 is 27.6 Å². The first-order valence-corrected chi connectivity index (χ1v) is 8.11. The summed E-state index contributed by atoms with van der Waals surface area (Å²) in [5.74, 6) is 0.139. The van der Waals surface area contributed by atoms with Gasteiger partial charge >= 0.3 is 6.18 Å². The summed E-state index contributed by atoms with van der Waals surface area (Å²) < 4.78 is 59.8. The first kappa shape index (κ1) is 17.0. The number of benzene rings is 1. The van der Waals surface area contributed by atoms with Crippen molar-refractivity contribution in [3.05, 3.63) is 35.4 Å². The van der Waals surface area contributed by atoms with Crippen LogP contribution in [0.3, 0.4) is 0 Å². The van der Waals surface area contributed by atoms with Crippen molar-refractivity contribution in [2.75, 3.05) is 11.5 Å². The quantitative estimate of drug-likeness (QED) is 0.879. The number of rotatable bonds is 6. The molecule has 0 spiro atoms. The van der Waals surface area contributed by atoms with Crippen LogP contribution in [0.4, 0.5) is 13.2 Å². The number of halogens is 3. The predicted octanol–water partition coefficient (Wildman–Crippen LogP) is 2.92. The second-order valence-corrected chi connectivity index (χ2v) is 7.08. The van der Waals surface area contributed by atoms with E-state index in [0.29, 0.717) is 18.4 Å². The first-order chi connectivity index (χ1) is 9.15. The summed E-state index contributed by atoms with van der Waals surface area (Å²) >= 11 is 0. The van der Waals surface area contributed by atoms with Crippen LogP contribution in [-0.4, -0.2) is 19.9 Å². The molecule has 1 aromatic rings. The van der Waals surface area contributed by atoms with Gasteiger partial charge < -0.3 is 5.73 Å². The third-order valence-corrected chi connectivity index (χ3v) is 4.87. The zero-order valence-electron chi connectivity index (χ0n) is 11.2. The zero-order valence-corrected chi connectivity index (χ0v) is 12.0. The van der Waals surface area contributed by atoms with Gasteiger partial charge in [-0.05, 0) is 30.5 Å². The molecule has 7 heteroatoms. The number of hydrogen-bond donors (Lipinski definition) is 1. The molecule has 3 nitrogen and oxygen atoms in total. The van der Waals surface area contributed by atoms with Crippen molar-refractivity contribution in [2.45, 2.75) is 32.0 Å². The Morgan fingerprint density at radius 2 is 1.75 bits per heavy atom. The van der Waals surface area contributed by atoms with Gasteiger partial charge in [0.1, 0.15) is 9.84 Å². The third kappa shape index (κ3) is 5.13. The monoisotopic (exact) mass is 309 g/mol. The normalized spacial score (nSPS) is 14.2. The highest BCUT2D eigenvalue weighted by Crippen LogP contribution is 2.30. The van der Waals surface area contributed by atoms with Gasteiger partial charge in [0.25, 0.3) is 0 Å². The summed E-state index contributed by atoms with van der Waals surface area (Å²) in [5, 5.41) is 0. The SMILES string of the molecule is CCS(=O)(=O)CCCC(N)c1ccc(C(F)(F)F)cc1. The predicted molar refractivity (Wildman–Crippen MR) is 71.9 cm³/mol. The molecular formula is C13H18F3NO2S. The maximum atomic E-state index is 12.4. The van der Waals surface area contributed by atoms with Crippen LogP contribution in [0.15, 0.2) is 24.3 Å². The summed E-state index contributed by atoms with van der Waals surface area (Å²) in [7, 11) is -3.03. The molecule has 2 N–H and O–H groups in total. The highest BCUT2D eigenvalue weighted by molar-refractivity contribution is 7.91. The van der Waals surface area contributed by atoms with Crippen molar-refractivity contribution in [3.8, 4) is 0 Å². The minimum atomic E-state index is -4.36. The van der Waals surface area contributed by atoms with Crippen LogP contribution in [-0.2, 0) is 16.0 Å². The van der Waals surface area contributed by atoms with Crippen LogP contribution < -0.4 is 5.73 Å². The van der Waals surface area contributed by atoms with Gasteiger partial charge in [-0.1, -0.05) is 19.1 Å². The van der Waals surface area contributed by atoms with Crippen LogP contribution in [0.2, 0.25) is 0 Å². The molecular weight excluding hydrogens is 291 g/mol. The average Bonchev–Trinajstić information content (AvgIpc) is 2.37. The molecule has 1 unspecified atom stereocenters. The molecule has 0 heterocycles. The molecule has 1 aromatic carbocycles. The molecule has 0 bridgehead atoms. The van der Waals surface area contributed by atoms with E-state index in [1.807, 2.05) is 0 Å². The molecule has 0 aromatic heterocycles. The number of nitrogens with two attached hydrogens (primary N) is 1. The maximum Gasteiger partial charge on any atom is 0.416 e. The Morgan fingerprint density at radius 3 is 2.20 bits per heavy atom. The Kier molecular flexibility index (Phi) is 5.59. The van der Waals surface area contributed by atoms with Crippen LogP contribution in [0, 0.1) is 0 Å². The summed E-state index contributed by atoms with van der Waals surface area (Å²) in [6.45, 7) is 1.57. The largest absolute Gasteiger partial charge is 0.416 e.